The summed E-state index contributed by atoms with van der Waals surface area (Å²) in [7, 11) is 0. The summed E-state index contributed by atoms with van der Waals surface area (Å²) in [4.78, 5) is 15.8. The third-order valence-corrected chi connectivity index (χ3v) is 1.86. The molecular formula is C10H11N3OS. The highest BCUT2D eigenvalue weighted by Gasteiger charge is 2.03. The number of aromatic nitrogens is 1. The van der Waals surface area contributed by atoms with Gasteiger partial charge in [0.05, 0.1) is 4.99 Å². The molecule has 0 atom stereocenters. The number of hydrogen-bond acceptors (Lipinski definition) is 3. The molecule has 0 radical (unpaired) electrons. The average molecular weight is 221 g/mol. The van der Waals surface area contributed by atoms with Crippen molar-refractivity contribution in [2.75, 3.05) is 0 Å². The van der Waals surface area contributed by atoms with Crippen molar-refractivity contribution in [3.8, 4) is 0 Å². The van der Waals surface area contributed by atoms with Gasteiger partial charge in [-0.15, -0.1) is 6.58 Å². The maximum absolute atomic E-state index is 11.5. The van der Waals surface area contributed by atoms with Gasteiger partial charge in [0.1, 0.15) is 0 Å². The van der Waals surface area contributed by atoms with E-state index in [4.69, 9.17) is 12.2 Å². The molecule has 1 aromatic heterocycles. The number of carbonyl (C=O) groups is 1. The Labute approximate surface area is 93.4 Å². The fraction of sp³-hybridized carbons (Fsp3) is 0.100. The smallest absolute Gasteiger partial charge is 0.269 e. The number of nitrogens with zero attached hydrogens (tertiary/aromatic N) is 1. The molecule has 0 aliphatic heterocycles. The molecule has 15 heavy (non-hydrogen) atoms. The van der Waals surface area contributed by atoms with Gasteiger partial charge in [-0.25, -0.2) is 0 Å². The van der Waals surface area contributed by atoms with E-state index in [0.717, 1.165) is 0 Å². The summed E-state index contributed by atoms with van der Waals surface area (Å²) in [5, 5.41) is 0. The normalized spacial score (nSPS) is 9.07. The van der Waals surface area contributed by atoms with Crippen molar-refractivity contribution in [3.63, 3.8) is 0 Å². The van der Waals surface area contributed by atoms with Gasteiger partial charge in [0.15, 0.2) is 0 Å². The van der Waals surface area contributed by atoms with Gasteiger partial charge in [-0.1, -0.05) is 18.3 Å². The van der Waals surface area contributed by atoms with E-state index in [9.17, 15) is 4.79 Å². The van der Waals surface area contributed by atoms with E-state index < -0.39 is 0 Å². The van der Waals surface area contributed by atoms with Gasteiger partial charge in [0, 0.05) is 24.4 Å². The van der Waals surface area contributed by atoms with Gasteiger partial charge >= 0.3 is 0 Å². The molecule has 1 rings (SSSR count). The van der Waals surface area contributed by atoms with E-state index in [1.807, 2.05) is 0 Å². The molecular weight excluding hydrogens is 210 g/mol. The Balaban J connectivity index is 2.44. The summed E-state index contributed by atoms with van der Waals surface area (Å²) in [6.07, 6.45) is 5.30. The monoisotopic (exact) mass is 221 g/mol. The van der Waals surface area contributed by atoms with Gasteiger partial charge in [-0.3, -0.25) is 20.6 Å². The predicted molar refractivity (Wildman–Crippen MR) is 62.3 cm³/mol. The van der Waals surface area contributed by atoms with Crippen molar-refractivity contribution in [3.05, 3.63) is 42.7 Å². The standard InChI is InChI=1S/C10H11N3OS/c1-2-3-9(15)12-13-10(14)8-4-6-11-7-5-8/h2,4-7H,1,3H2,(H,12,15)(H,13,14). The molecule has 0 aliphatic rings. The highest BCUT2D eigenvalue weighted by molar-refractivity contribution is 7.80. The van der Waals surface area contributed by atoms with Gasteiger partial charge in [-0.05, 0) is 12.1 Å². The maximum Gasteiger partial charge on any atom is 0.269 e. The lowest BCUT2D eigenvalue weighted by Crippen LogP contribution is -2.40. The van der Waals surface area contributed by atoms with E-state index in [1.54, 1.807) is 30.6 Å². The van der Waals surface area contributed by atoms with Crippen LogP contribution in [0, 0.1) is 0 Å². The molecule has 5 heteroatoms. The second-order valence-electron chi connectivity index (χ2n) is 2.73. The predicted octanol–water partition coefficient (Wildman–Crippen LogP) is 1.22. The minimum Gasteiger partial charge on any atom is -0.291 e. The van der Waals surface area contributed by atoms with E-state index in [-0.39, 0.29) is 5.91 Å². The Hall–Kier alpha value is -1.75. The number of pyridine rings is 1. The number of carbonyl (C=O) groups excluding carboxylic acids is 1. The first-order valence-electron chi connectivity index (χ1n) is 4.34. The maximum atomic E-state index is 11.5. The molecule has 1 heterocycles. The van der Waals surface area contributed by atoms with Crippen LogP contribution >= 0.6 is 12.2 Å². The van der Waals surface area contributed by atoms with Crippen LogP contribution in [0.25, 0.3) is 0 Å². The highest BCUT2D eigenvalue weighted by Crippen LogP contribution is 1.94. The average Bonchev–Trinajstić information content (AvgIpc) is 2.27. The zero-order valence-corrected chi connectivity index (χ0v) is 8.88. The topological polar surface area (TPSA) is 54.0 Å². The summed E-state index contributed by atoms with van der Waals surface area (Å²) in [5.41, 5.74) is 5.63. The number of thiocarbonyl (C=S) groups is 1. The third kappa shape index (κ3) is 3.86. The molecule has 1 aromatic rings. The molecule has 0 fully saturated rings. The molecule has 0 saturated heterocycles. The lowest BCUT2D eigenvalue weighted by molar-refractivity contribution is 0.0944. The fourth-order valence-electron chi connectivity index (χ4n) is 0.884. The Kier molecular flexibility index (Phi) is 4.43. The van der Waals surface area contributed by atoms with Crippen molar-refractivity contribution >= 4 is 23.1 Å². The van der Waals surface area contributed by atoms with Gasteiger partial charge in [0.25, 0.3) is 5.91 Å². The molecule has 0 unspecified atom stereocenters. The van der Waals surface area contributed by atoms with Crippen molar-refractivity contribution < 1.29 is 4.79 Å². The summed E-state index contributed by atoms with van der Waals surface area (Å²) < 4.78 is 0. The summed E-state index contributed by atoms with van der Waals surface area (Å²) in [6, 6.07) is 3.24. The molecule has 2 N–H and O–H groups in total. The largest absolute Gasteiger partial charge is 0.291 e. The lowest BCUT2D eigenvalue weighted by Gasteiger charge is -2.07. The van der Waals surface area contributed by atoms with Crippen LogP contribution in [0.5, 0.6) is 0 Å². The SMILES string of the molecule is C=CCC(=S)NNC(=O)c1ccncc1. The molecule has 0 bridgehead atoms. The second kappa shape index (κ2) is 5.87. The number of hydrogen-bond donors (Lipinski definition) is 2. The first-order valence-corrected chi connectivity index (χ1v) is 4.75. The summed E-state index contributed by atoms with van der Waals surface area (Å²) in [5.74, 6) is -0.246. The molecule has 4 nitrogen and oxygen atoms in total. The Morgan fingerprint density at radius 2 is 2.13 bits per heavy atom. The molecule has 0 spiro atoms. The van der Waals surface area contributed by atoms with E-state index >= 15 is 0 Å². The first-order chi connectivity index (χ1) is 7.24. The number of nitrogens with one attached hydrogen (secondary N) is 2. The summed E-state index contributed by atoms with van der Waals surface area (Å²) >= 11 is 4.91. The zero-order valence-electron chi connectivity index (χ0n) is 8.06. The first kappa shape index (κ1) is 11.3. The van der Waals surface area contributed by atoms with Crippen LogP contribution < -0.4 is 10.9 Å². The van der Waals surface area contributed by atoms with E-state index in [0.29, 0.717) is 17.0 Å². The van der Waals surface area contributed by atoms with Crippen LogP contribution in [0.4, 0.5) is 0 Å². The second-order valence-corrected chi connectivity index (χ2v) is 3.22. The van der Waals surface area contributed by atoms with Crippen LogP contribution in [0.1, 0.15) is 16.8 Å². The Bertz CT molecular complexity index is 364. The van der Waals surface area contributed by atoms with Crippen LogP contribution in [0.3, 0.4) is 0 Å². The summed E-state index contributed by atoms with van der Waals surface area (Å²) in [6.45, 7) is 3.54. The number of amides is 1. The van der Waals surface area contributed by atoms with Crippen LogP contribution in [-0.4, -0.2) is 15.9 Å². The molecule has 0 aromatic carbocycles. The van der Waals surface area contributed by atoms with Crippen LogP contribution in [0.2, 0.25) is 0 Å². The van der Waals surface area contributed by atoms with Crippen LogP contribution in [-0.2, 0) is 0 Å². The minimum atomic E-state index is -0.246. The Morgan fingerprint density at radius 3 is 2.73 bits per heavy atom. The zero-order chi connectivity index (χ0) is 11.1. The van der Waals surface area contributed by atoms with Crippen LogP contribution in [0.15, 0.2) is 37.2 Å². The third-order valence-electron chi connectivity index (χ3n) is 1.59. The van der Waals surface area contributed by atoms with Crippen molar-refractivity contribution in [2.45, 2.75) is 6.42 Å². The highest BCUT2D eigenvalue weighted by atomic mass is 32.1. The van der Waals surface area contributed by atoms with Crippen molar-refractivity contribution in [2.24, 2.45) is 0 Å². The molecule has 1 amide bonds. The minimum absolute atomic E-state index is 0.246. The van der Waals surface area contributed by atoms with E-state index in [1.165, 1.54) is 0 Å². The van der Waals surface area contributed by atoms with Gasteiger partial charge in [0.2, 0.25) is 0 Å². The van der Waals surface area contributed by atoms with Gasteiger partial charge < -0.3 is 0 Å². The quantitative estimate of drug-likeness (QED) is 0.458. The van der Waals surface area contributed by atoms with Crippen molar-refractivity contribution in [1.29, 1.82) is 0 Å². The number of rotatable bonds is 3. The number of hydrazine groups is 1. The van der Waals surface area contributed by atoms with Gasteiger partial charge in [-0.2, -0.15) is 0 Å². The van der Waals surface area contributed by atoms with Crippen molar-refractivity contribution in [1.82, 2.24) is 15.8 Å². The lowest BCUT2D eigenvalue weighted by atomic mass is 10.3. The molecule has 78 valence electrons. The molecule has 0 aliphatic carbocycles. The van der Waals surface area contributed by atoms with E-state index in [2.05, 4.69) is 22.4 Å². The Morgan fingerprint density at radius 1 is 1.47 bits per heavy atom. The fourth-order valence-corrected chi connectivity index (χ4v) is 1.05. The molecule has 0 saturated carbocycles.